The van der Waals surface area contributed by atoms with Gasteiger partial charge in [0.05, 0.1) is 12.1 Å². The minimum Gasteiger partial charge on any atom is -0.481 e. The van der Waals surface area contributed by atoms with E-state index in [9.17, 15) is 14.4 Å². The fourth-order valence-electron chi connectivity index (χ4n) is 4.28. The molecule has 0 unspecified atom stereocenters. The number of amides is 2. The molecule has 7 nitrogen and oxygen atoms in total. The number of carboxylic acids is 1. The van der Waals surface area contributed by atoms with Gasteiger partial charge in [0.1, 0.15) is 6.61 Å². The number of carbonyl (C=O) groups is 3. The zero-order chi connectivity index (χ0) is 24.9. The van der Waals surface area contributed by atoms with Crippen molar-refractivity contribution in [3.05, 3.63) is 87.9 Å². The van der Waals surface area contributed by atoms with E-state index >= 15 is 0 Å². The first-order valence-electron chi connectivity index (χ1n) is 11.3. The van der Waals surface area contributed by atoms with Gasteiger partial charge in [0.15, 0.2) is 0 Å². The Morgan fingerprint density at radius 1 is 1.00 bits per heavy atom. The highest BCUT2D eigenvalue weighted by Crippen LogP contribution is 2.44. The molecule has 8 heteroatoms. The Labute approximate surface area is 211 Å². The van der Waals surface area contributed by atoms with Gasteiger partial charge in [-0.3, -0.25) is 14.9 Å². The van der Waals surface area contributed by atoms with Gasteiger partial charge in [-0.1, -0.05) is 55.5 Å². The molecule has 4 rings (SSSR count). The van der Waals surface area contributed by atoms with E-state index in [0.29, 0.717) is 22.1 Å². The van der Waals surface area contributed by atoms with Crippen LogP contribution in [0, 0.1) is 0 Å². The SMILES string of the molecule is CC[C@H](CC(=O)O)NC(=O)c1ccc(NC(=O)OCC2c3ccccc3-c3ccccc32)c(Br)c1. The molecule has 0 saturated heterocycles. The summed E-state index contributed by atoms with van der Waals surface area (Å²) in [4.78, 5) is 36.0. The first-order chi connectivity index (χ1) is 16.9. The van der Waals surface area contributed by atoms with Crippen molar-refractivity contribution < 1.29 is 24.2 Å². The molecule has 0 saturated carbocycles. The second-order valence-electron chi connectivity index (χ2n) is 8.32. The number of carboxylic acid groups (broad SMARTS) is 1. The highest BCUT2D eigenvalue weighted by Gasteiger charge is 2.29. The van der Waals surface area contributed by atoms with Crippen LogP contribution in [0.15, 0.2) is 71.2 Å². The Kier molecular flexibility index (Phi) is 7.51. The molecule has 180 valence electrons. The number of halogens is 1. The summed E-state index contributed by atoms with van der Waals surface area (Å²) in [7, 11) is 0. The molecule has 1 aliphatic rings. The highest BCUT2D eigenvalue weighted by atomic mass is 79.9. The van der Waals surface area contributed by atoms with Crippen molar-refractivity contribution in [1.82, 2.24) is 5.32 Å². The smallest absolute Gasteiger partial charge is 0.411 e. The average molecular weight is 537 g/mol. The van der Waals surface area contributed by atoms with Crippen LogP contribution in [0.1, 0.15) is 47.2 Å². The lowest BCUT2D eigenvalue weighted by Crippen LogP contribution is -2.36. The quantitative estimate of drug-likeness (QED) is 0.337. The van der Waals surface area contributed by atoms with E-state index in [1.165, 1.54) is 0 Å². The maximum Gasteiger partial charge on any atom is 0.411 e. The molecule has 0 aromatic heterocycles. The first-order valence-corrected chi connectivity index (χ1v) is 12.1. The number of anilines is 1. The van der Waals surface area contributed by atoms with Gasteiger partial charge < -0.3 is 15.2 Å². The monoisotopic (exact) mass is 536 g/mol. The molecule has 2 amide bonds. The maximum absolute atomic E-state index is 12.6. The summed E-state index contributed by atoms with van der Waals surface area (Å²) >= 11 is 3.38. The van der Waals surface area contributed by atoms with Gasteiger partial charge in [0.25, 0.3) is 5.91 Å². The summed E-state index contributed by atoms with van der Waals surface area (Å²) in [6.45, 7) is 2.01. The van der Waals surface area contributed by atoms with E-state index in [1.807, 2.05) is 31.2 Å². The maximum atomic E-state index is 12.6. The third kappa shape index (κ3) is 5.54. The number of fused-ring (bicyclic) bond motifs is 3. The van der Waals surface area contributed by atoms with Crippen LogP contribution in [0.25, 0.3) is 11.1 Å². The van der Waals surface area contributed by atoms with E-state index in [1.54, 1.807) is 18.2 Å². The van der Waals surface area contributed by atoms with Crippen LogP contribution >= 0.6 is 15.9 Å². The summed E-state index contributed by atoms with van der Waals surface area (Å²) in [6.07, 6.45) is -0.247. The Balaban J connectivity index is 1.38. The van der Waals surface area contributed by atoms with Gasteiger partial charge in [-0.2, -0.15) is 0 Å². The number of hydrogen-bond donors (Lipinski definition) is 3. The predicted octanol–water partition coefficient (Wildman–Crippen LogP) is 5.79. The summed E-state index contributed by atoms with van der Waals surface area (Å²) in [5.41, 5.74) is 5.37. The minimum absolute atomic E-state index is 0.0417. The van der Waals surface area contributed by atoms with Crippen LogP contribution in [0.2, 0.25) is 0 Å². The zero-order valence-corrected chi connectivity index (χ0v) is 20.7. The van der Waals surface area contributed by atoms with Crippen molar-refractivity contribution in [2.24, 2.45) is 0 Å². The zero-order valence-electron chi connectivity index (χ0n) is 19.1. The number of benzene rings is 3. The number of aliphatic carboxylic acids is 1. The second kappa shape index (κ2) is 10.7. The molecule has 0 fully saturated rings. The average Bonchev–Trinajstić information content (AvgIpc) is 3.17. The molecule has 1 atom stereocenters. The van der Waals surface area contributed by atoms with E-state index in [4.69, 9.17) is 9.84 Å². The number of hydrogen-bond acceptors (Lipinski definition) is 4. The molecule has 1 aliphatic carbocycles. The molecule has 0 radical (unpaired) electrons. The molecule has 0 heterocycles. The van der Waals surface area contributed by atoms with Crippen LogP contribution in [-0.2, 0) is 9.53 Å². The van der Waals surface area contributed by atoms with Gasteiger partial charge in [-0.25, -0.2) is 4.79 Å². The van der Waals surface area contributed by atoms with Crippen LogP contribution < -0.4 is 10.6 Å². The van der Waals surface area contributed by atoms with E-state index in [-0.39, 0.29) is 24.9 Å². The largest absolute Gasteiger partial charge is 0.481 e. The van der Waals surface area contributed by atoms with Crippen molar-refractivity contribution >= 4 is 39.6 Å². The molecule has 3 N–H and O–H groups in total. The molecule has 3 aromatic rings. The van der Waals surface area contributed by atoms with Gasteiger partial charge in [0, 0.05) is 22.0 Å². The summed E-state index contributed by atoms with van der Waals surface area (Å²) < 4.78 is 6.08. The molecule has 0 spiro atoms. The Morgan fingerprint density at radius 2 is 1.63 bits per heavy atom. The van der Waals surface area contributed by atoms with Crippen LogP contribution in [0.5, 0.6) is 0 Å². The number of rotatable bonds is 8. The molecule has 35 heavy (non-hydrogen) atoms. The topological polar surface area (TPSA) is 105 Å². The summed E-state index contributed by atoms with van der Waals surface area (Å²) in [5.74, 6) is -1.40. The normalized spacial score (nSPS) is 12.9. The van der Waals surface area contributed by atoms with Crippen molar-refractivity contribution in [2.75, 3.05) is 11.9 Å². The third-order valence-corrected chi connectivity index (χ3v) is 6.72. The lowest BCUT2D eigenvalue weighted by molar-refractivity contribution is -0.137. The number of carbonyl (C=O) groups excluding carboxylic acids is 2. The van der Waals surface area contributed by atoms with Crippen LogP contribution in [-0.4, -0.2) is 35.7 Å². The highest BCUT2D eigenvalue weighted by molar-refractivity contribution is 9.10. The predicted molar refractivity (Wildman–Crippen MR) is 137 cm³/mol. The minimum atomic E-state index is -0.971. The first kappa shape index (κ1) is 24.5. The van der Waals surface area contributed by atoms with Crippen molar-refractivity contribution in [3.8, 4) is 11.1 Å². The standard InChI is InChI=1S/C27H25BrN2O5/c1-2-17(14-25(31)32)29-26(33)16-11-12-24(23(28)13-16)30-27(34)35-15-22-20-9-5-3-7-18(20)19-8-4-6-10-21(19)22/h3-13,17,22H,2,14-15H2,1H3,(H,29,33)(H,30,34)(H,31,32)/t17-/m1/s1. The van der Waals surface area contributed by atoms with Gasteiger partial charge in [-0.05, 0) is 62.8 Å². The summed E-state index contributed by atoms with van der Waals surface area (Å²) in [5, 5.41) is 14.4. The molecular formula is C27H25BrN2O5. The fourth-order valence-corrected chi connectivity index (χ4v) is 4.76. The molecule has 0 aliphatic heterocycles. The van der Waals surface area contributed by atoms with Gasteiger partial charge in [-0.15, -0.1) is 0 Å². The Morgan fingerprint density at radius 3 is 2.20 bits per heavy atom. The van der Waals surface area contributed by atoms with Gasteiger partial charge >= 0.3 is 12.1 Å². The molecular weight excluding hydrogens is 512 g/mol. The lowest BCUT2D eigenvalue weighted by atomic mass is 9.98. The number of ether oxygens (including phenoxy) is 1. The second-order valence-corrected chi connectivity index (χ2v) is 9.18. The van der Waals surface area contributed by atoms with Crippen molar-refractivity contribution in [1.29, 1.82) is 0 Å². The molecule has 0 bridgehead atoms. The fraction of sp³-hybridized carbons (Fsp3) is 0.222. The van der Waals surface area contributed by atoms with Crippen LogP contribution in [0.4, 0.5) is 10.5 Å². The molecule has 3 aromatic carbocycles. The Hall–Kier alpha value is -3.65. The van der Waals surface area contributed by atoms with Gasteiger partial charge in [0.2, 0.25) is 0 Å². The van der Waals surface area contributed by atoms with E-state index in [2.05, 4.69) is 50.8 Å². The Bertz CT molecular complexity index is 1230. The van der Waals surface area contributed by atoms with Crippen LogP contribution in [0.3, 0.4) is 0 Å². The van der Waals surface area contributed by atoms with Crippen molar-refractivity contribution in [2.45, 2.75) is 31.7 Å². The van der Waals surface area contributed by atoms with E-state index in [0.717, 1.165) is 22.3 Å². The van der Waals surface area contributed by atoms with E-state index < -0.39 is 18.1 Å². The lowest BCUT2D eigenvalue weighted by Gasteiger charge is -2.16. The number of nitrogens with one attached hydrogen (secondary N) is 2. The summed E-state index contributed by atoms with van der Waals surface area (Å²) in [6, 6.07) is 20.5. The van der Waals surface area contributed by atoms with Crippen molar-refractivity contribution in [3.63, 3.8) is 0 Å². The third-order valence-electron chi connectivity index (χ3n) is 6.06.